The molecule has 0 saturated carbocycles. The Labute approximate surface area is 119 Å². The molecule has 1 aromatic heterocycles. The van der Waals surface area contributed by atoms with E-state index in [9.17, 15) is 22.8 Å². The maximum atomic E-state index is 12.7. The van der Waals surface area contributed by atoms with Gasteiger partial charge in [0.1, 0.15) is 18.0 Å². The van der Waals surface area contributed by atoms with E-state index in [0.717, 1.165) is 18.0 Å². The molecule has 1 rings (SSSR count). The summed E-state index contributed by atoms with van der Waals surface area (Å²) in [5.74, 6) is -1.05. The number of anilines is 1. The molecule has 0 amide bonds. The van der Waals surface area contributed by atoms with E-state index in [1.54, 1.807) is 6.92 Å². The summed E-state index contributed by atoms with van der Waals surface area (Å²) in [5.41, 5.74) is -0.963. The van der Waals surface area contributed by atoms with Crippen LogP contribution >= 0.6 is 0 Å². The van der Waals surface area contributed by atoms with Gasteiger partial charge in [0.15, 0.2) is 5.82 Å². The monoisotopic (exact) mass is 307 g/mol. The first kappa shape index (κ1) is 17.0. The fourth-order valence-electron chi connectivity index (χ4n) is 1.72. The van der Waals surface area contributed by atoms with Crippen molar-refractivity contribution in [2.75, 3.05) is 24.6 Å². The minimum atomic E-state index is -4.56. The zero-order chi connectivity index (χ0) is 16.2. The normalized spacial score (nSPS) is 11.3. The number of carbonyl (C=O) groups excluding carboxylic acids is 2. The van der Waals surface area contributed by atoms with Crippen LogP contribution < -0.4 is 4.90 Å². The molecule has 0 atom stereocenters. The Hall–Kier alpha value is -2.06. The Morgan fingerprint density at radius 2 is 2.00 bits per heavy atom. The third kappa shape index (κ3) is 4.76. The van der Waals surface area contributed by atoms with Crippen LogP contribution in [0.5, 0.6) is 0 Å². The molecular formula is C12H16F3N3O3. The summed E-state index contributed by atoms with van der Waals surface area (Å²) < 4.78 is 43.6. The number of rotatable bonds is 6. The van der Waals surface area contributed by atoms with Crippen molar-refractivity contribution in [3.63, 3.8) is 0 Å². The van der Waals surface area contributed by atoms with Crippen molar-refractivity contribution in [3.05, 3.63) is 11.8 Å². The lowest BCUT2D eigenvalue weighted by Gasteiger charge is -2.19. The first-order valence-electron chi connectivity index (χ1n) is 6.16. The summed E-state index contributed by atoms with van der Waals surface area (Å²) in [5, 5.41) is 3.71. The van der Waals surface area contributed by atoms with Gasteiger partial charge in [0, 0.05) is 13.1 Å². The molecule has 0 saturated heterocycles. The Morgan fingerprint density at radius 1 is 1.38 bits per heavy atom. The van der Waals surface area contributed by atoms with Gasteiger partial charge in [-0.2, -0.15) is 18.3 Å². The van der Waals surface area contributed by atoms with Gasteiger partial charge in [0.05, 0.1) is 13.2 Å². The van der Waals surface area contributed by atoms with Gasteiger partial charge < -0.3 is 9.64 Å². The van der Waals surface area contributed by atoms with E-state index >= 15 is 0 Å². The second kappa shape index (κ2) is 6.59. The van der Waals surface area contributed by atoms with E-state index in [0.29, 0.717) is 4.68 Å². The average Bonchev–Trinajstić information content (AvgIpc) is 2.70. The van der Waals surface area contributed by atoms with Crippen molar-refractivity contribution in [1.29, 1.82) is 0 Å². The van der Waals surface area contributed by atoms with Crippen molar-refractivity contribution < 1.29 is 27.5 Å². The van der Waals surface area contributed by atoms with Gasteiger partial charge in [0.25, 0.3) is 0 Å². The van der Waals surface area contributed by atoms with Gasteiger partial charge in [-0.3, -0.25) is 14.3 Å². The Kier molecular flexibility index (Phi) is 5.34. The predicted molar refractivity (Wildman–Crippen MR) is 67.7 cm³/mol. The van der Waals surface area contributed by atoms with Gasteiger partial charge in [0.2, 0.25) is 0 Å². The van der Waals surface area contributed by atoms with Crippen molar-refractivity contribution in [3.8, 4) is 0 Å². The van der Waals surface area contributed by atoms with Gasteiger partial charge in [-0.1, -0.05) is 0 Å². The second-order valence-corrected chi connectivity index (χ2v) is 4.37. The molecule has 1 aromatic rings. The van der Waals surface area contributed by atoms with Gasteiger partial charge in [-0.15, -0.1) is 0 Å². The van der Waals surface area contributed by atoms with E-state index in [2.05, 4.69) is 5.10 Å². The Bertz CT molecular complexity index is 526. The largest absolute Gasteiger partial charge is 0.465 e. The van der Waals surface area contributed by atoms with E-state index < -0.39 is 17.8 Å². The third-order valence-corrected chi connectivity index (χ3v) is 2.52. The predicted octanol–water partition coefficient (Wildman–Crippen LogP) is 1.40. The van der Waals surface area contributed by atoms with Gasteiger partial charge in [-0.05, 0) is 13.8 Å². The summed E-state index contributed by atoms with van der Waals surface area (Å²) in [7, 11) is 1.14. The van der Waals surface area contributed by atoms with Crippen molar-refractivity contribution in [2.45, 2.75) is 20.0 Å². The summed E-state index contributed by atoms with van der Waals surface area (Å²) in [6, 6.07) is 0.794. The van der Waals surface area contributed by atoms with E-state index in [1.807, 2.05) is 0 Å². The molecule has 0 aliphatic rings. The summed E-state index contributed by atoms with van der Waals surface area (Å²) in [6.07, 6.45) is -4.56. The third-order valence-electron chi connectivity index (χ3n) is 2.52. The molecule has 6 nitrogen and oxygen atoms in total. The highest BCUT2D eigenvalue weighted by atomic mass is 19.4. The van der Waals surface area contributed by atoms with Crippen LogP contribution in [0.2, 0.25) is 0 Å². The van der Waals surface area contributed by atoms with Crippen LogP contribution in [-0.2, 0) is 27.5 Å². The number of alkyl halides is 3. The van der Waals surface area contributed by atoms with Crippen LogP contribution in [0.4, 0.5) is 19.0 Å². The molecule has 0 aliphatic carbocycles. The summed E-state index contributed by atoms with van der Waals surface area (Å²) >= 11 is 0. The molecule has 0 bridgehead atoms. The number of esters is 1. The number of halogens is 3. The van der Waals surface area contributed by atoms with Crippen molar-refractivity contribution in [2.24, 2.45) is 7.05 Å². The van der Waals surface area contributed by atoms with Gasteiger partial charge in [-0.25, -0.2) is 0 Å². The second-order valence-electron chi connectivity index (χ2n) is 4.37. The standard InChI is InChI=1S/C12H16F3N3O3/c1-4-21-11(20)7-18(6-8(2)19)10-5-9(12(13,14)15)17(3)16-10/h5H,4,6-7H2,1-3H3. The number of hydrogen-bond donors (Lipinski definition) is 0. The molecule has 118 valence electrons. The van der Waals surface area contributed by atoms with E-state index in [-0.39, 0.29) is 31.3 Å². The van der Waals surface area contributed by atoms with Crippen LogP contribution in [0, 0.1) is 0 Å². The highest BCUT2D eigenvalue weighted by Gasteiger charge is 2.35. The first-order chi connectivity index (χ1) is 9.65. The number of Topliss-reactive ketones (excluding diaryl/α,β-unsaturated/α-hetero) is 1. The number of aryl methyl sites for hydroxylation is 1. The number of aromatic nitrogens is 2. The maximum Gasteiger partial charge on any atom is 0.433 e. The highest BCUT2D eigenvalue weighted by Crippen LogP contribution is 2.31. The molecule has 1 heterocycles. The number of ether oxygens (including phenoxy) is 1. The zero-order valence-electron chi connectivity index (χ0n) is 11.9. The minimum absolute atomic E-state index is 0.104. The quantitative estimate of drug-likeness (QED) is 0.743. The van der Waals surface area contributed by atoms with Crippen molar-refractivity contribution >= 4 is 17.6 Å². The lowest BCUT2D eigenvalue weighted by molar-refractivity contribution is -0.144. The molecule has 0 fully saturated rings. The van der Waals surface area contributed by atoms with Crippen LogP contribution in [-0.4, -0.2) is 41.2 Å². The molecule has 0 aromatic carbocycles. The molecule has 0 N–H and O–H groups in total. The summed E-state index contributed by atoms with van der Waals surface area (Å²) in [4.78, 5) is 23.8. The fraction of sp³-hybridized carbons (Fsp3) is 0.583. The van der Waals surface area contributed by atoms with Crippen LogP contribution in [0.15, 0.2) is 6.07 Å². The number of carbonyl (C=O) groups is 2. The van der Waals surface area contributed by atoms with Gasteiger partial charge >= 0.3 is 12.1 Å². The SMILES string of the molecule is CCOC(=O)CN(CC(C)=O)c1cc(C(F)(F)F)n(C)n1. The molecule has 0 aliphatic heterocycles. The molecule has 9 heteroatoms. The van der Waals surface area contributed by atoms with Crippen LogP contribution in [0.3, 0.4) is 0 Å². The highest BCUT2D eigenvalue weighted by molar-refractivity contribution is 5.83. The molecule has 0 radical (unpaired) electrons. The topological polar surface area (TPSA) is 64.4 Å². The molecule has 21 heavy (non-hydrogen) atoms. The van der Waals surface area contributed by atoms with E-state index in [1.165, 1.54) is 6.92 Å². The van der Waals surface area contributed by atoms with Crippen molar-refractivity contribution in [1.82, 2.24) is 9.78 Å². The number of hydrogen-bond acceptors (Lipinski definition) is 5. The fourth-order valence-corrected chi connectivity index (χ4v) is 1.72. The number of nitrogens with zero attached hydrogens (tertiary/aromatic N) is 3. The Balaban J connectivity index is 3.03. The zero-order valence-corrected chi connectivity index (χ0v) is 11.9. The van der Waals surface area contributed by atoms with Crippen LogP contribution in [0.25, 0.3) is 0 Å². The van der Waals surface area contributed by atoms with E-state index in [4.69, 9.17) is 4.74 Å². The lowest BCUT2D eigenvalue weighted by atomic mass is 10.3. The average molecular weight is 307 g/mol. The molecule has 0 unspecified atom stereocenters. The maximum absolute atomic E-state index is 12.7. The minimum Gasteiger partial charge on any atom is -0.465 e. The smallest absolute Gasteiger partial charge is 0.433 e. The summed E-state index contributed by atoms with van der Waals surface area (Å²) in [6.45, 7) is 2.44. The Morgan fingerprint density at radius 3 is 2.43 bits per heavy atom. The molecule has 0 spiro atoms. The molecular weight excluding hydrogens is 291 g/mol. The lowest BCUT2D eigenvalue weighted by Crippen LogP contribution is -2.35. The first-order valence-corrected chi connectivity index (χ1v) is 6.16. The van der Waals surface area contributed by atoms with Crippen LogP contribution in [0.1, 0.15) is 19.5 Å². The number of ketones is 1.